The number of hydrogen-bond acceptors (Lipinski definition) is 2. The van der Waals surface area contributed by atoms with Crippen LogP contribution < -0.4 is 0 Å². The Morgan fingerprint density at radius 1 is 1.21 bits per heavy atom. The van der Waals surface area contributed by atoms with E-state index < -0.39 is 11.9 Å². The molecule has 4 nitrogen and oxygen atoms in total. The second kappa shape index (κ2) is 6.63. The smallest absolute Gasteiger partial charge is 0.312 e. The van der Waals surface area contributed by atoms with Gasteiger partial charge in [-0.2, -0.15) is 0 Å². The zero-order valence-corrected chi connectivity index (χ0v) is 14.2. The molecule has 0 spiro atoms. The fourth-order valence-electron chi connectivity index (χ4n) is 3.57. The number of benzene rings is 1. The first-order valence-electron chi connectivity index (χ1n) is 8.65. The lowest BCUT2D eigenvalue weighted by atomic mass is 9.99. The highest BCUT2D eigenvalue weighted by molar-refractivity contribution is 6.09. The van der Waals surface area contributed by atoms with Crippen molar-refractivity contribution in [3.63, 3.8) is 0 Å². The number of carbonyl (C=O) groups excluding carboxylic acids is 1. The van der Waals surface area contributed by atoms with Gasteiger partial charge in [0.05, 0.1) is 11.6 Å². The van der Waals surface area contributed by atoms with Gasteiger partial charge in [0.2, 0.25) is 5.78 Å². The number of aromatic nitrogens is 1. The first-order valence-corrected chi connectivity index (χ1v) is 8.65. The number of rotatable bonds is 6. The van der Waals surface area contributed by atoms with Crippen molar-refractivity contribution < 1.29 is 14.7 Å². The second-order valence-corrected chi connectivity index (χ2v) is 6.40. The molecule has 0 radical (unpaired) electrons. The topological polar surface area (TPSA) is 59.3 Å². The summed E-state index contributed by atoms with van der Waals surface area (Å²) in [5, 5.41) is 9.41. The largest absolute Gasteiger partial charge is 0.481 e. The molecule has 0 saturated carbocycles. The van der Waals surface area contributed by atoms with Gasteiger partial charge in [0.25, 0.3) is 0 Å². The molecular weight excluding hydrogens is 302 g/mol. The van der Waals surface area contributed by atoms with Crippen LogP contribution in [0, 0.1) is 0 Å². The molecule has 1 aliphatic rings. The molecule has 1 unspecified atom stereocenters. The van der Waals surface area contributed by atoms with E-state index >= 15 is 0 Å². The van der Waals surface area contributed by atoms with Crippen LogP contribution >= 0.6 is 0 Å². The molecule has 4 heteroatoms. The Labute approximate surface area is 142 Å². The van der Waals surface area contributed by atoms with Gasteiger partial charge in [0.1, 0.15) is 0 Å². The van der Waals surface area contributed by atoms with Gasteiger partial charge in [0, 0.05) is 17.8 Å². The Morgan fingerprint density at radius 3 is 2.50 bits per heavy atom. The van der Waals surface area contributed by atoms with Crippen molar-refractivity contribution in [3.8, 4) is 0 Å². The maximum absolute atomic E-state index is 13.1. The summed E-state index contributed by atoms with van der Waals surface area (Å²) in [4.78, 5) is 24.5. The Morgan fingerprint density at radius 2 is 1.92 bits per heavy atom. The lowest BCUT2D eigenvalue weighted by Gasteiger charge is -2.09. The minimum atomic E-state index is -0.805. The van der Waals surface area contributed by atoms with E-state index in [1.165, 1.54) is 5.56 Å². The molecule has 0 fully saturated rings. The molecule has 1 N–H and O–H groups in total. The molecule has 24 heavy (non-hydrogen) atoms. The number of aliphatic carboxylic acids is 1. The number of carboxylic acid groups (broad SMARTS) is 1. The quantitative estimate of drug-likeness (QED) is 0.822. The molecule has 1 atom stereocenters. The predicted molar refractivity (Wildman–Crippen MR) is 92.7 cm³/mol. The molecule has 3 rings (SSSR count). The van der Waals surface area contributed by atoms with E-state index in [-0.39, 0.29) is 5.78 Å². The third-order valence-corrected chi connectivity index (χ3v) is 4.86. The highest BCUT2D eigenvalue weighted by Gasteiger charge is 2.33. The summed E-state index contributed by atoms with van der Waals surface area (Å²) in [6.45, 7) is 4.76. The van der Waals surface area contributed by atoms with Crippen molar-refractivity contribution in [2.75, 3.05) is 0 Å². The van der Waals surface area contributed by atoms with Crippen LogP contribution in [0.3, 0.4) is 0 Å². The summed E-state index contributed by atoms with van der Waals surface area (Å²) < 4.78 is 1.93. The molecule has 2 heterocycles. The van der Waals surface area contributed by atoms with Gasteiger partial charge in [-0.3, -0.25) is 9.59 Å². The first kappa shape index (κ1) is 16.5. The summed E-state index contributed by atoms with van der Waals surface area (Å²) in [7, 11) is 0. The number of fused-ring (bicyclic) bond motifs is 1. The number of hydrogen-bond donors (Lipinski definition) is 1. The van der Waals surface area contributed by atoms with Crippen LogP contribution in [0.15, 0.2) is 30.3 Å². The minimum absolute atomic E-state index is 0.00149. The van der Waals surface area contributed by atoms with Crippen LogP contribution in [-0.2, 0) is 24.2 Å². The fraction of sp³-hybridized carbons (Fsp3) is 0.400. The maximum atomic E-state index is 13.1. The van der Waals surface area contributed by atoms with Crippen molar-refractivity contribution >= 4 is 11.8 Å². The fourth-order valence-corrected chi connectivity index (χ4v) is 3.57. The maximum Gasteiger partial charge on any atom is 0.312 e. The van der Waals surface area contributed by atoms with Crippen molar-refractivity contribution in [1.29, 1.82) is 0 Å². The van der Waals surface area contributed by atoms with E-state index in [2.05, 4.69) is 13.8 Å². The summed E-state index contributed by atoms with van der Waals surface area (Å²) >= 11 is 0. The van der Waals surface area contributed by atoms with E-state index in [4.69, 9.17) is 0 Å². The average molecular weight is 325 g/mol. The molecule has 1 aromatic heterocycles. The molecule has 1 aromatic carbocycles. The summed E-state index contributed by atoms with van der Waals surface area (Å²) in [6.07, 6.45) is 3.22. The molecule has 0 amide bonds. The SMILES string of the molecule is CCCc1cc2n(c1C(=O)c1ccc(CC)cc1)CCC2C(=O)O. The van der Waals surface area contributed by atoms with Crippen LogP contribution in [0.25, 0.3) is 0 Å². The third kappa shape index (κ3) is 2.77. The number of ketones is 1. The second-order valence-electron chi connectivity index (χ2n) is 6.40. The van der Waals surface area contributed by atoms with E-state index in [0.717, 1.165) is 30.5 Å². The van der Waals surface area contributed by atoms with Gasteiger partial charge in [0.15, 0.2) is 0 Å². The van der Waals surface area contributed by atoms with Gasteiger partial charge in [-0.05, 0) is 36.5 Å². The Kier molecular flexibility index (Phi) is 4.56. The molecule has 0 bridgehead atoms. The van der Waals surface area contributed by atoms with Crippen LogP contribution in [0.4, 0.5) is 0 Å². The molecule has 0 aliphatic carbocycles. The normalized spacial score (nSPS) is 16.2. The summed E-state index contributed by atoms with van der Waals surface area (Å²) in [6, 6.07) is 9.66. The van der Waals surface area contributed by atoms with E-state index in [1.807, 2.05) is 34.9 Å². The molecule has 126 valence electrons. The lowest BCUT2D eigenvalue weighted by molar-refractivity contribution is -0.138. The Bertz CT molecular complexity index is 771. The summed E-state index contributed by atoms with van der Waals surface area (Å²) in [5.74, 6) is -1.30. The average Bonchev–Trinajstić information content (AvgIpc) is 3.13. The zero-order valence-electron chi connectivity index (χ0n) is 14.2. The van der Waals surface area contributed by atoms with E-state index in [1.54, 1.807) is 0 Å². The number of carbonyl (C=O) groups is 2. The van der Waals surface area contributed by atoms with Crippen LogP contribution in [-0.4, -0.2) is 21.4 Å². The molecular formula is C20H23NO3. The zero-order chi connectivity index (χ0) is 17.3. The minimum Gasteiger partial charge on any atom is -0.481 e. The summed E-state index contributed by atoms with van der Waals surface area (Å²) in [5.41, 5.74) is 4.30. The number of aryl methyl sites for hydroxylation is 2. The molecule has 0 saturated heterocycles. The molecule has 2 aromatic rings. The van der Waals surface area contributed by atoms with Gasteiger partial charge in [-0.25, -0.2) is 0 Å². The highest BCUT2D eigenvalue weighted by atomic mass is 16.4. The van der Waals surface area contributed by atoms with Crippen molar-refractivity contribution in [3.05, 3.63) is 58.4 Å². The standard InChI is InChI=1S/C20H23NO3/c1-3-5-15-12-17-16(20(23)24)10-11-21(17)18(15)19(22)14-8-6-13(4-2)7-9-14/h6-9,12,16H,3-5,10-11H2,1-2H3,(H,23,24). The van der Waals surface area contributed by atoms with Crippen LogP contribution in [0.1, 0.15) is 65.5 Å². The first-order chi connectivity index (χ1) is 11.6. The van der Waals surface area contributed by atoms with Gasteiger partial charge < -0.3 is 9.67 Å². The van der Waals surface area contributed by atoms with Crippen LogP contribution in [0.5, 0.6) is 0 Å². The van der Waals surface area contributed by atoms with E-state index in [9.17, 15) is 14.7 Å². The third-order valence-electron chi connectivity index (χ3n) is 4.86. The predicted octanol–water partition coefficient (Wildman–Crippen LogP) is 3.81. The Balaban J connectivity index is 2.04. The van der Waals surface area contributed by atoms with Gasteiger partial charge >= 0.3 is 5.97 Å². The number of nitrogens with zero attached hydrogens (tertiary/aromatic N) is 1. The van der Waals surface area contributed by atoms with Crippen molar-refractivity contribution in [1.82, 2.24) is 4.57 Å². The van der Waals surface area contributed by atoms with Crippen molar-refractivity contribution in [2.45, 2.75) is 52.0 Å². The van der Waals surface area contributed by atoms with Gasteiger partial charge in [-0.1, -0.05) is 44.5 Å². The monoisotopic (exact) mass is 325 g/mol. The lowest BCUT2D eigenvalue weighted by Crippen LogP contribution is -2.11. The number of carboxylic acids is 1. The van der Waals surface area contributed by atoms with E-state index in [0.29, 0.717) is 24.2 Å². The Hall–Kier alpha value is -2.36. The van der Waals surface area contributed by atoms with Crippen molar-refractivity contribution in [2.24, 2.45) is 0 Å². The van der Waals surface area contributed by atoms with Crippen LogP contribution in [0.2, 0.25) is 0 Å². The molecule has 1 aliphatic heterocycles. The highest BCUT2D eigenvalue weighted by Crippen LogP contribution is 2.34. The van der Waals surface area contributed by atoms with Gasteiger partial charge in [-0.15, -0.1) is 0 Å².